The standard InChI is InChI=1S/C22H21N7O4S/c1-9(18(30)23-11-4-7-13-14(8-11)25-21(32)24-13)34-20-15-17(26-16(27-20)10-2-3-10)29(12-5-6-12)22(33)28-19(15)31/h4,7-10,12H,2-3,5-6H2,1H3,(H,23,30)(H2,24,25,32)(H,28,31,33). The summed E-state index contributed by atoms with van der Waals surface area (Å²) in [5.74, 6) is 0.544. The van der Waals surface area contributed by atoms with Crippen molar-refractivity contribution in [3.05, 3.63) is 55.3 Å². The molecule has 1 atom stereocenters. The number of aromatic nitrogens is 6. The highest BCUT2D eigenvalue weighted by Gasteiger charge is 2.33. The minimum absolute atomic E-state index is 0.0298. The van der Waals surface area contributed by atoms with E-state index in [1.165, 1.54) is 11.8 Å². The number of benzene rings is 1. The first-order chi connectivity index (χ1) is 16.4. The Morgan fingerprint density at radius 2 is 1.85 bits per heavy atom. The van der Waals surface area contributed by atoms with Crippen molar-refractivity contribution in [1.29, 1.82) is 0 Å². The number of H-pyrrole nitrogens is 3. The molecule has 2 aliphatic carbocycles. The average molecular weight is 480 g/mol. The number of thioether (sulfide) groups is 1. The number of aromatic amines is 3. The van der Waals surface area contributed by atoms with E-state index in [1.54, 1.807) is 29.7 Å². The van der Waals surface area contributed by atoms with Crippen LogP contribution in [0.2, 0.25) is 0 Å². The molecule has 0 bridgehead atoms. The Hall–Kier alpha value is -3.67. The van der Waals surface area contributed by atoms with E-state index in [9.17, 15) is 19.2 Å². The summed E-state index contributed by atoms with van der Waals surface area (Å²) in [4.78, 5) is 66.7. The quantitative estimate of drug-likeness (QED) is 0.243. The lowest BCUT2D eigenvalue weighted by Gasteiger charge is -2.15. The zero-order valence-electron chi connectivity index (χ0n) is 18.2. The van der Waals surface area contributed by atoms with E-state index >= 15 is 0 Å². The largest absolute Gasteiger partial charge is 0.330 e. The first-order valence-electron chi connectivity index (χ1n) is 11.1. The minimum atomic E-state index is -0.591. The molecule has 4 aromatic rings. The molecule has 2 aliphatic rings. The van der Waals surface area contributed by atoms with Gasteiger partial charge in [-0.25, -0.2) is 19.6 Å². The first-order valence-corrected chi connectivity index (χ1v) is 12.0. The number of carbonyl (C=O) groups excluding carboxylic acids is 1. The van der Waals surface area contributed by atoms with Crippen LogP contribution in [0.25, 0.3) is 22.1 Å². The van der Waals surface area contributed by atoms with Gasteiger partial charge in [0.25, 0.3) is 5.56 Å². The molecule has 0 spiro atoms. The van der Waals surface area contributed by atoms with Crippen molar-refractivity contribution in [2.24, 2.45) is 0 Å². The van der Waals surface area contributed by atoms with Crippen molar-refractivity contribution < 1.29 is 4.79 Å². The maximum absolute atomic E-state index is 13.0. The molecule has 2 fully saturated rings. The Morgan fingerprint density at radius 3 is 2.59 bits per heavy atom. The number of imidazole rings is 1. The van der Waals surface area contributed by atoms with Crippen molar-refractivity contribution in [2.45, 2.75) is 54.8 Å². The number of nitrogens with one attached hydrogen (secondary N) is 4. The number of fused-ring (bicyclic) bond motifs is 2. The Kier molecular flexibility index (Phi) is 4.73. The van der Waals surface area contributed by atoms with Crippen LogP contribution in [0.4, 0.5) is 5.69 Å². The van der Waals surface area contributed by atoms with E-state index in [0.717, 1.165) is 25.7 Å². The molecule has 4 N–H and O–H groups in total. The zero-order chi connectivity index (χ0) is 23.6. The number of hydrogen-bond donors (Lipinski definition) is 4. The number of hydrogen-bond acceptors (Lipinski definition) is 7. The molecule has 11 nitrogen and oxygen atoms in total. The zero-order valence-corrected chi connectivity index (χ0v) is 19.0. The van der Waals surface area contributed by atoms with Crippen LogP contribution in [0.1, 0.15) is 50.4 Å². The highest BCUT2D eigenvalue weighted by Crippen LogP contribution is 2.41. The lowest BCUT2D eigenvalue weighted by molar-refractivity contribution is -0.115. The predicted octanol–water partition coefficient (Wildman–Crippen LogP) is 1.98. The topological polar surface area (TPSA) is 158 Å². The summed E-state index contributed by atoms with van der Waals surface area (Å²) in [6.07, 6.45) is 3.65. The molecule has 6 rings (SSSR count). The van der Waals surface area contributed by atoms with Gasteiger partial charge in [-0.15, -0.1) is 0 Å². The second-order valence-corrected chi connectivity index (χ2v) is 10.1. The van der Waals surface area contributed by atoms with Crippen molar-refractivity contribution in [2.75, 3.05) is 5.32 Å². The van der Waals surface area contributed by atoms with Crippen molar-refractivity contribution in [3.63, 3.8) is 0 Å². The Labute approximate surface area is 195 Å². The van der Waals surface area contributed by atoms with Crippen molar-refractivity contribution in [1.82, 2.24) is 29.5 Å². The maximum Gasteiger partial charge on any atom is 0.330 e. The van der Waals surface area contributed by atoms with Crippen molar-refractivity contribution in [3.8, 4) is 0 Å². The summed E-state index contributed by atoms with van der Waals surface area (Å²) in [5.41, 5.74) is 0.794. The maximum atomic E-state index is 13.0. The molecule has 2 saturated carbocycles. The van der Waals surface area contributed by atoms with E-state index in [1.807, 2.05) is 0 Å². The molecule has 1 aromatic carbocycles. The van der Waals surface area contributed by atoms with Crippen LogP contribution in [-0.4, -0.2) is 40.6 Å². The third-order valence-corrected chi connectivity index (χ3v) is 7.15. The summed E-state index contributed by atoms with van der Waals surface area (Å²) in [6.45, 7) is 1.73. The van der Waals surface area contributed by atoms with Gasteiger partial charge in [-0.05, 0) is 50.8 Å². The van der Waals surface area contributed by atoms with Gasteiger partial charge in [0.1, 0.15) is 16.2 Å². The first kappa shape index (κ1) is 20.9. The van der Waals surface area contributed by atoms with Crippen LogP contribution in [0.15, 0.2) is 37.6 Å². The molecule has 0 radical (unpaired) electrons. The third-order valence-electron chi connectivity index (χ3n) is 6.06. The Morgan fingerprint density at radius 1 is 1.09 bits per heavy atom. The van der Waals surface area contributed by atoms with Gasteiger partial charge in [0.2, 0.25) is 5.91 Å². The monoisotopic (exact) mass is 479 g/mol. The second-order valence-electron chi connectivity index (χ2n) is 8.81. The van der Waals surface area contributed by atoms with E-state index in [2.05, 4.69) is 30.2 Å². The third kappa shape index (κ3) is 3.73. The number of amides is 1. The molecular weight excluding hydrogens is 458 g/mol. The van der Waals surface area contributed by atoms with Gasteiger partial charge in [-0.2, -0.15) is 0 Å². The minimum Gasteiger partial charge on any atom is -0.325 e. The van der Waals surface area contributed by atoms with Crippen LogP contribution < -0.4 is 22.3 Å². The number of rotatable bonds is 6. The summed E-state index contributed by atoms with van der Waals surface area (Å²) in [7, 11) is 0. The number of carbonyl (C=O) groups is 1. The highest BCUT2D eigenvalue weighted by atomic mass is 32.2. The second kappa shape index (κ2) is 7.69. The van der Waals surface area contributed by atoms with Crippen LogP contribution in [-0.2, 0) is 4.79 Å². The fourth-order valence-corrected chi connectivity index (χ4v) is 4.94. The number of nitrogens with zero attached hydrogens (tertiary/aromatic N) is 3. The SMILES string of the molecule is CC(Sc1nc(C2CC2)nc2c1c(=O)[nH]c(=O)n2C1CC1)C(=O)Nc1ccc2[nH]c(=O)[nH]c2c1. The lowest BCUT2D eigenvalue weighted by atomic mass is 10.2. The van der Waals surface area contributed by atoms with E-state index in [-0.39, 0.29) is 28.9 Å². The molecule has 34 heavy (non-hydrogen) atoms. The van der Waals surface area contributed by atoms with E-state index in [0.29, 0.717) is 33.2 Å². The van der Waals surface area contributed by atoms with Gasteiger partial charge in [-0.3, -0.25) is 19.1 Å². The van der Waals surface area contributed by atoms with E-state index in [4.69, 9.17) is 0 Å². The molecule has 12 heteroatoms. The molecule has 3 heterocycles. The average Bonchev–Trinajstić information content (AvgIpc) is 3.70. The smallest absolute Gasteiger partial charge is 0.325 e. The lowest BCUT2D eigenvalue weighted by Crippen LogP contribution is -2.31. The Balaban J connectivity index is 1.34. The molecule has 0 aliphatic heterocycles. The highest BCUT2D eigenvalue weighted by molar-refractivity contribution is 8.00. The van der Waals surface area contributed by atoms with E-state index < -0.39 is 16.5 Å². The fourth-order valence-electron chi connectivity index (χ4n) is 3.99. The molecule has 0 saturated heterocycles. The summed E-state index contributed by atoms with van der Waals surface area (Å²) < 4.78 is 1.56. The molecule has 174 valence electrons. The van der Waals surface area contributed by atoms with Gasteiger partial charge in [0.15, 0.2) is 5.65 Å². The van der Waals surface area contributed by atoms with Gasteiger partial charge in [0, 0.05) is 17.6 Å². The normalized spacial score (nSPS) is 16.7. The van der Waals surface area contributed by atoms with Crippen LogP contribution in [0.5, 0.6) is 0 Å². The summed E-state index contributed by atoms with van der Waals surface area (Å²) in [5, 5.41) is 2.89. The van der Waals surface area contributed by atoms with Gasteiger partial charge in [0.05, 0.1) is 16.3 Å². The van der Waals surface area contributed by atoms with Gasteiger partial charge < -0.3 is 15.3 Å². The fraction of sp³-hybridized carbons (Fsp3) is 0.364. The molecule has 1 amide bonds. The predicted molar refractivity (Wildman–Crippen MR) is 128 cm³/mol. The Bertz CT molecular complexity index is 1640. The van der Waals surface area contributed by atoms with Crippen LogP contribution in [0, 0.1) is 0 Å². The van der Waals surface area contributed by atoms with Gasteiger partial charge >= 0.3 is 11.4 Å². The van der Waals surface area contributed by atoms with Crippen LogP contribution >= 0.6 is 11.8 Å². The summed E-state index contributed by atoms with van der Waals surface area (Å²) >= 11 is 1.17. The van der Waals surface area contributed by atoms with Gasteiger partial charge in [-0.1, -0.05) is 11.8 Å². The summed E-state index contributed by atoms with van der Waals surface area (Å²) in [6, 6.07) is 5.11. The molecule has 1 unspecified atom stereocenters. The molecular formula is C22H21N7O4S. The molecule has 3 aromatic heterocycles. The van der Waals surface area contributed by atoms with Crippen molar-refractivity contribution >= 4 is 45.4 Å². The number of anilines is 1. The van der Waals surface area contributed by atoms with Crippen LogP contribution in [0.3, 0.4) is 0 Å².